The van der Waals surface area contributed by atoms with Crippen LogP contribution in [0.4, 0.5) is 16.5 Å². The van der Waals surface area contributed by atoms with Crippen LogP contribution >= 0.6 is 23.1 Å². The number of nitro groups is 1. The average molecular weight is 604 g/mol. The number of carbonyl (C=O) groups excluding carboxylic acids is 2. The Bertz CT molecular complexity index is 1710. The fourth-order valence-corrected chi connectivity index (χ4v) is 6.76. The van der Waals surface area contributed by atoms with Crippen molar-refractivity contribution in [2.45, 2.75) is 36.4 Å². The lowest BCUT2D eigenvalue weighted by molar-refractivity contribution is -0.385. The maximum Gasteiger partial charge on any atom is 0.274 e. The van der Waals surface area contributed by atoms with Gasteiger partial charge < -0.3 is 15.8 Å². The van der Waals surface area contributed by atoms with Crippen LogP contribution in [-0.2, 0) is 9.59 Å². The Balaban J connectivity index is 1.40. The Morgan fingerprint density at radius 2 is 2.10 bits per heavy atom. The number of amides is 1. The molecule has 2 aliphatic rings. The van der Waals surface area contributed by atoms with Gasteiger partial charge in [0.05, 0.1) is 35.3 Å². The molecule has 0 radical (unpaired) electrons. The highest BCUT2D eigenvalue weighted by molar-refractivity contribution is 8.01. The number of methoxy groups -OCH3 is 1. The maximum absolute atomic E-state index is 13.3. The molecule has 3 N–H and O–H groups in total. The van der Waals surface area contributed by atoms with Crippen molar-refractivity contribution in [1.82, 2.24) is 10.2 Å². The Morgan fingerprint density at radius 1 is 1.31 bits per heavy atom. The second-order valence-corrected chi connectivity index (χ2v) is 11.7. The van der Waals surface area contributed by atoms with E-state index in [0.29, 0.717) is 62.6 Å². The number of thioether (sulfide) groups is 1. The SMILES string of the molecule is COc1ccccc1C1C(C#N)=C(N)N(c2nnc(SCC(=O)Nc3ccc(C)c([N+](=O)[O-])c3)s2)C2=C1C(=O)CCC2. The summed E-state index contributed by atoms with van der Waals surface area (Å²) in [5.41, 5.74) is 9.40. The molecule has 12 nitrogen and oxygen atoms in total. The standard InChI is InChI=1S/C28H25N7O5S2/c1-15-10-11-16(12-20(15)35(38)39)31-23(37)14-41-28-33-32-27(42-28)34-19-7-5-8-21(36)25(19)24(18(13-29)26(34)30)17-6-3-4-9-22(17)40-2/h3-4,6,9-12,24H,5,7-8,14,30H2,1-2H3,(H,31,37). The molecule has 2 heterocycles. The van der Waals surface area contributed by atoms with Crippen molar-refractivity contribution in [2.75, 3.05) is 23.1 Å². The van der Waals surface area contributed by atoms with Gasteiger partial charge in [0.1, 0.15) is 11.6 Å². The fraction of sp³-hybridized carbons (Fsp3) is 0.250. The quantitative estimate of drug-likeness (QED) is 0.205. The summed E-state index contributed by atoms with van der Waals surface area (Å²) in [5.74, 6) is -0.421. The van der Waals surface area contributed by atoms with E-state index in [1.165, 1.54) is 24.5 Å². The number of aryl methyl sites for hydroxylation is 1. The molecule has 1 aliphatic carbocycles. The van der Waals surface area contributed by atoms with E-state index in [0.717, 1.165) is 11.8 Å². The van der Waals surface area contributed by atoms with Crippen molar-refractivity contribution in [1.29, 1.82) is 5.26 Å². The second-order valence-electron chi connectivity index (χ2n) is 9.50. The zero-order valence-electron chi connectivity index (χ0n) is 22.6. The number of nitro benzene ring substituents is 1. The number of nitriles is 1. The van der Waals surface area contributed by atoms with Gasteiger partial charge in [-0.3, -0.25) is 24.6 Å². The first-order chi connectivity index (χ1) is 20.2. The van der Waals surface area contributed by atoms with E-state index in [1.54, 1.807) is 30.0 Å². The lowest BCUT2D eigenvalue weighted by Gasteiger charge is -2.38. The summed E-state index contributed by atoms with van der Waals surface area (Å²) < 4.78 is 6.03. The third kappa shape index (κ3) is 5.44. The number of nitrogens with one attached hydrogen (secondary N) is 1. The van der Waals surface area contributed by atoms with Gasteiger partial charge in [0.25, 0.3) is 5.69 Å². The van der Waals surface area contributed by atoms with Crippen LogP contribution in [0.3, 0.4) is 0 Å². The summed E-state index contributed by atoms with van der Waals surface area (Å²) in [5, 5.41) is 32.9. The number of nitrogens with two attached hydrogens (primary N) is 1. The summed E-state index contributed by atoms with van der Waals surface area (Å²) in [6.07, 6.45) is 1.53. The molecule has 1 aliphatic heterocycles. The van der Waals surface area contributed by atoms with Crippen LogP contribution in [-0.4, -0.2) is 39.7 Å². The van der Waals surface area contributed by atoms with Gasteiger partial charge >= 0.3 is 0 Å². The number of nitrogens with zero attached hydrogens (tertiary/aromatic N) is 5. The van der Waals surface area contributed by atoms with Crippen LogP contribution in [0.25, 0.3) is 0 Å². The molecule has 3 aromatic rings. The molecule has 214 valence electrons. The van der Waals surface area contributed by atoms with Crippen molar-refractivity contribution in [2.24, 2.45) is 5.73 Å². The Hall–Kier alpha value is -4.74. The molecule has 1 aromatic heterocycles. The molecular weight excluding hydrogens is 578 g/mol. The predicted molar refractivity (Wildman–Crippen MR) is 158 cm³/mol. The third-order valence-electron chi connectivity index (χ3n) is 6.97. The highest BCUT2D eigenvalue weighted by Crippen LogP contribution is 2.48. The summed E-state index contributed by atoms with van der Waals surface area (Å²) in [7, 11) is 1.54. The first-order valence-electron chi connectivity index (χ1n) is 12.8. The molecule has 14 heteroatoms. The van der Waals surface area contributed by atoms with Crippen LogP contribution in [0.2, 0.25) is 0 Å². The predicted octanol–water partition coefficient (Wildman–Crippen LogP) is 4.80. The van der Waals surface area contributed by atoms with Gasteiger partial charge in [0, 0.05) is 40.6 Å². The number of ketones is 1. The Kier molecular flexibility index (Phi) is 8.23. The van der Waals surface area contributed by atoms with Crippen LogP contribution in [0.5, 0.6) is 5.75 Å². The van der Waals surface area contributed by atoms with Gasteiger partial charge in [-0.15, -0.1) is 10.2 Å². The van der Waals surface area contributed by atoms with Crippen molar-refractivity contribution in [3.8, 4) is 11.8 Å². The van der Waals surface area contributed by atoms with Crippen LogP contribution in [0, 0.1) is 28.4 Å². The van der Waals surface area contributed by atoms with Crippen molar-refractivity contribution >= 4 is 51.3 Å². The molecule has 1 atom stereocenters. The molecule has 0 saturated carbocycles. The Morgan fingerprint density at radius 3 is 2.83 bits per heavy atom. The van der Waals surface area contributed by atoms with Crippen LogP contribution in [0.15, 0.2) is 69.5 Å². The van der Waals surface area contributed by atoms with Crippen LogP contribution < -0.4 is 20.7 Å². The monoisotopic (exact) mass is 603 g/mol. The average Bonchev–Trinajstić information content (AvgIpc) is 3.45. The molecule has 0 fully saturated rings. The van der Waals surface area contributed by atoms with E-state index in [4.69, 9.17) is 10.5 Å². The minimum absolute atomic E-state index is 0.0205. The molecule has 0 bridgehead atoms. The van der Waals surface area contributed by atoms with Crippen molar-refractivity contribution in [3.63, 3.8) is 0 Å². The number of anilines is 2. The summed E-state index contributed by atoms with van der Waals surface area (Å²) in [6, 6.07) is 14.0. The molecule has 2 aromatic carbocycles. The zero-order chi connectivity index (χ0) is 30.0. The fourth-order valence-electron chi connectivity index (χ4n) is 5.08. The third-order valence-corrected chi connectivity index (χ3v) is 9.01. The number of aromatic nitrogens is 2. The normalized spacial score (nSPS) is 16.6. The second kappa shape index (κ2) is 12.0. The summed E-state index contributed by atoms with van der Waals surface area (Å²) in [4.78, 5) is 38.3. The van der Waals surface area contributed by atoms with Gasteiger partial charge in [-0.2, -0.15) is 5.26 Å². The summed E-state index contributed by atoms with van der Waals surface area (Å²) >= 11 is 2.31. The highest BCUT2D eigenvalue weighted by Gasteiger charge is 2.42. The van der Waals surface area contributed by atoms with Crippen molar-refractivity contribution < 1.29 is 19.2 Å². The summed E-state index contributed by atoms with van der Waals surface area (Å²) in [6.45, 7) is 1.62. The van der Waals surface area contributed by atoms with Crippen LogP contribution in [0.1, 0.15) is 36.3 Å². The van der Waals surface area contributed by atoms with Gasteiger partial charge in [-0.1, -0.05) is 47.4 Å². The maximum atomic E-state index is 13.3. The van der Waals surface area contributed by atoms with E-state index in [2.05, 4.69) is 21.6 Å². The lowest BCUT2D eigenvalue weighted by Crippen LogP contribution is -2.38. The largest absolute Gasteiger partial charge is 0.496 e. The number of ether oxygens (including phenoxy) is 1. The van der Waals surface area contributed by atoms with E-state index >= 15 is 0 Å². The van der Waals surface area contributed by atoms with Gasteiger partial charge in [0.15, 0.2) is 10.1 Å². The number of carbonyl (C=O) groups is 2. The van der Waals surface area contributed by atoms with Gasteiger partial charge in [-0.25, -0.2) is 0 Å². The van der Waals surface area contributed by atoms with Gasteiger partial charge in [0.2, 0.25) is 11.0 Å². The molecular formula is C28H25N7O5S2. The Labute approximate surface area is 249 Å². The molecule has 1 amide bonds. The van der Waals surface area contributed by atoms with E-state index in [-0.39, 0.29) is 34.5 Å². The molecule has 5 rings (SSSR count). The number of para-hydroxylation sites is 1. The highest BCUT2D eigenvalue weighted by atomic mass is 32.2. The first-order valence-corrected chi connectivity index (χ1v) is 14.6. The molecule has 42 heavy (non-hydrogen) atoms. The molecule has 0 spiro atoms. The molecule has 1 unspecified atom stereocenters. The number of rotatable bonds is 8. The zero-order valence-corrected chi connectivity index (χ0v) is 24.3. The molecule has 0 saturated heterocycles. The lowest BCUT2D eigenvalue weighted by atomic mass is 9.75. The minimum atomic E-state index is -0.673. The van der Waals surface area contributed by atoms with E-state index in [9.17, 15) is 25.0 Å². The van der Waals surface area contributed by atoms with Crippen molar-refractivity contribution in [3.05, 3.63) is 86.4 Å². The van der Waals surface area contributed by atoms with Gasteiger partial charge in [-0.05, 0) is 31.9 Å². The first kappa shape index (κ1) is 28.8. The number of benzene rings is 2. The number of Topliss-reactive ketones (excluding diaryl/α,β-unsaturated/α-hetero) is 1. The minimum Gasteiger partial charge on any atom is -0.496 e. The number of hydrogen-bond acceptors (Lipinski definition) is 12. The number of hydrogen-bond donors (Lipinski definition) is 2. The topological polar surface area (TPSA) is 177 Å². The van der Waals surface area contributed by atoms with E-state index in [1.807, 2.05) is 18.2 Å². The smallest absolute Gasteiger partial charge is 0.274 e. The van der Waals surface area contributed by atoms with E-state index < -0.39 is 10.8 Å². The number of allylic oxidation sites excluding steroid dienone is 3.